The standard InChI is InChI=1S/C15H24N2OS/c1-18-13-7-12-17-15(19)16-11-6-5-10-14-8-3-2-4-9-14/h2-4,8-9H,5-7,10-13H2,1H3,(H2,16,17,19). The van der Waals surface area contributed by atoms with Crippen LogP contribution in [0, 0.1) is 0 Å². The number of rotatable bonds is 9. The van der Waals surface area contributed by atoms with E-state index in [0.29, 0.717) is 0 Å². The van der Waals surface area contributed by atoms with Crippen molar-refractivity contribution in [3.8, 4) is 0 Å². The van der Waals surface area contributed by atoms with E-state index in [1.165, 1.54) is 12.0 Å². The SMILES string of the molecule is COCCCNC(=S)NCCCCc1ccccc1. The summed E-state index contributed by atoms with van der Waals surface area (Å²) in [4.78, 5) is 0. The van der Waals surface area contributed by atoms with Crippen molar-refractivity contribution in [2.24, 2.45) is 0 Å². The summed E-state index contributed by atoms with van der Waals surface area (Å²) in [7, 11) is 1.71. The fourth-order valence-corrected chi connectivity index (χ4v) is 1.99. The van der Waals surface area contributed by atoms with Crippen molar-refractivity contribution in [2.75, 3.05) is 26.8 Å². The van der Waals surface area contributed by atoms with E-state index in [2.05, 4.69) is 41.0 Å². The minimum Gasteiger partial charge on any atom is -0.385 e. The Morgan fingerprint density at radius 2 is 1.74 bits per heavy atom. The fraction of sp³-hybridized carbons (Fsp3) is 0.533. The van der Waals surface area contributed by atoms with Gasteiger partial charge in [0.25, 0.3) is 0 Å². The second-order valence-electron chi connectivity index (χ2n) is 4.47. The van der Waals surface area contributed by atoms with E-state index in [1.807, 2.05) is 0 Å². The second-order valence-corrected chi connectivity index (χ2v) is 4.88. The summed E-state index contributed by atoms with van der Waals surface area (Å²) in [6.45, 7) is 2.57. The van der Waals surface area contributed by atoms with Crippen molar-refractivity contribution >= 4 is 17.3 Å². The van der Waals surface area contributed by atoms with Crippen molar-refractivity contribution in [1.29, 1.82) is 0 Å². The monoisotopic (exact) mass is 280 g/mol. The molecule has 0 unspecified atom stereocenters. The summed E-state index contributed by atoms with van der Waals surface area (Å²) in [6.07, 6.45) is 4.43. The van der Waals surface area contributed by atoms with Crippen molar-refractivity contribution in [1.82, 2.24) is 10.6 Å². The van der Waals surface area contributed by atoms with Crippen molar-refractivity contribution in [3.63, 3.8) is 0 Å². The van der Waals surface area contributed by atoms with Crippen LogP contribution < -0.4 is 10.6 Å². The van der Waals surface area contributed by atoms with Gasteiger partial charge in [0.2, 0.25) is 0 Å². The number of aryl methyl sites for hydroxylation is 1. The van der Waals surface area contributed by atoms with E-state index in [-0.39, 0.29) is 0 Å². The summed E-state index contributed by atoms with van der Waals surface area (Å²) in [5, 5.41) is 7.14. The maximum Gasteiger partial charge on any atom is 0.166 e. The quantitative estimate of drug-likeness (QED) is 0.538. The molecule has 0 saturated heterocycles. The van der Waals surface area contributed by atoms with E-state index in [0.717, 1.165) is 44.1 Å². The van der Waals surface area contributed by atoms with Crippen LogP contribution in [0.3, 0.4) is 0 Å². The Bertz CT molecular complexity index is 343. The van der Waals surface area contributed by atoms with Crippen LogP contribution in [0.5, 0.6) is 0 Å². The molecule has 1 rings (SSSR count). The molecule has 1 aromatic rings. The summed E-state index contributed by atoms with van der Waals surface area (Å²) >= 11 is 5.18. The van der Waals surface area contributed by atoms with Gasteiger partial charge in [-0.25, -0.2) is 0 Å². The first-order valence-corrected chi connectivity index (χ1v) is 7.28. The number of unbranched alkanes of at least 4 members (excludes halogenated alkanes) is 1. The molecule has 0 heterocycles. The minimum atomic E-state index is 0.746. The van der Waals surface area contributed by atoms with Crippen LogP contribution in [-0.4, -0.2) is 31.9 Å². The lowest BCUT2D eigenvalue weighted by molar-refractivity contribution is 0.195. The Morgan fingerprint density at radius 1 is 1.05 bits per heavy atom. The molecule has 106 valence electrons. The molecule has 4 heteroatoms. The Kier molecular flexibility index (Phi) is 9.02. The predicted octanol–water partition coefficient (Wildman–Crippen LogP) is 2.51. The molecule has 19 heavy (non-hydrogen) atoms. The maximum atomic E-state index is 5.18. The van der Waals surface area contributed by atoms with E-state index in [9.17, 15) is 0 Å². The molecular formula is C15H24N2OS. The van der Waals surface area contributed by atoms with E-state index < -0.39 is 0 Å². The molecule has 0 aromatic heterocycles. The summed E-state index contributed by atoms with van der Waals surface area (Å²) < 4.78 is 4.98. The highest BCUT2D eigenvalue weighted by Gasteiger charge is 1.95. The summed E-state index contributed by atoms with van der Waals surface area (Å²) in [5.74, 6) is 0. The first kappa shape index (κ1) is 15.9. The molecule has 0 atom stereocenters. The Hall–Kier alpha value is -1.13. The van der Waals surface area contributed by atoms with Gasteiger partial charge in [0.15, 0.2) is 5.11 Å². The topological polar surface area (TPSA) is 33.3 Å². The normalized spacial score (nSPS) is 10.2. The van der Waals surface area contributed by atoms with Crippen LogP contribution in [-0.2, 0) is 11.2 Å². The smallest absolute Gasteiger partial charge is 0.166 e. The average molecular weight is 280 g/mol. The van der Waals surface area contributed by atoms with Crippen LogP contribution in [0.15, 0.2) is 30.3 Å². The fourth-order valence-electron chi connectivity index (χ4n) is 1.78. The lowest BCUT2D eigenvalue weighted by atomic mass is 10.1. The molecule has 0 amide bonds. The third kappa shape index (κ3) is 8.56. The third-order valence-corrected chi connectivity index (χ3v) is 3.12. The molecule has 0 aliphatic heterocycles. The molecular weight excluding hydrogens is 256 g/mol. The lowest BCUT2D eigenvalue weighted by Gasteiger charge is -2.10. The number of hydrogen-bond acceptors (Lipinski definition) is 2. The van der Waals surface area contributed by atoms with Crippen LogP contribution in [0.25, 0.3) is 0 Å². The van der Waals surface area contributed by atoms with Crippen LogP contribution in [0.4, 0.5) is 0 Å². The highest BCUT2D eigenvalue weighted by atomic mass is 32.1. The van der Waals surface area contributed by atoms with E-state index >= 15 is 0 Å². The molecule has 0 aliphatic rings. The first-order chi connectivity index (χ1) is 9.33. The molecule has 2 N–H and O–H groups in total. The molecule has 0 bridgehead atoms. The van der Waals surface area contributed by atoms with Gasteiger partial charge >= 0.3 is 0 Å². The summed E-state index contributed by atoms with van der Waals surface area (Å²) in [6, 6.07) is 10.6. The first-order valence-electron chi connectivity index (χ1n) is 6.87. The number of benzene rings is 1. The highest BCUT2D eigenvalue weighted by Crippen LogP contribution is 2.03. The zero-order valence-corrected chi connectivity index (χ0v) is 12.5. The minimum absolute atomic E-state index is 0.746. The van der Waals surface area contributed by atoms with Gasteiger partial charge < -0.3 is 15.4 Å². The van der Waals surface area contributed by atoms with Crippen molar-refractivity contribution in [2.45, 2.75) is 25.7 Å². The van der Waals surface area contributed by atoms with Gasteiger partial charge in [0.05, 0.1) is 0 Å². The lowest BCUT2D eigenvalue weighted by Crippen LogP contribution is -2.36. The zero-order chi connectivity index (χ0) is 13.8. The molecule has 0 aliphatic carbocycles. The molecule has 0 fully saturated rings. The highest BCUT2D eigenvalue weighted by molar-refractivity contribution is 7.80. The van der Waals surface area contributed by atoms with Gasteiger partial charge in [0.1, 0.15) is 0 Å². The average Bonchev–Trinajstić information content (AvgIpc) is 2.44. The molecule has 0 saturated carbocycles. The van der Waals surface area contributed by atoms with Gasteiger partial charge in [-0.2, -0.15) is 0 Å². The number of nitrogens with one attached hydrogen (secondary N) is 2. The number of ether oxygens (including phenoxy) is 1. The van der Waals surface area contributed by atoms with Gasteiger partial charge in [-0.05, 0) is 43.5 Å². The van der Waals surface area contributed by atoms with Gasteiger partial charge in [-0.15, -0.1) is 0 Å². The predicted molar refractivity (Wildman–Crippen MR) is 84.5 cm³/mol. The molecule has 0 spiro atoms. The number of hydrogen-bond donors (Lipinski definition) is 2. The van der Waals surface area contributed by atoms with Gasteiger partial charge in [0, 0.05) is 26.8 Å². The van der Waals surface area contributed by atoms with Gasteiger partial charge in [-0.1, -0.05) is 30.3 Å². The summed E-state index contributed by atoms with van der Waals surface area (Å²) in [5.41, 5.74) is 1.41. The van der Waals surface area contributed by atoms with Crippen LogP contribution in [0.2, 0.25) is 0 Å². The van der Waals surface area contributed by atoms with Crippen molar-refractivity contribution in [3.05, 3.63) is 35.9 Å². The van der Waals surface area contributed by atoms with Gasteiger partial charge in [-0.3, -0.25) is 0 Å². The van der Waals surface area contributed by atoms with Crippen LogP contribution >= 0.6 is 12.2 Å². The zero-order valence-electron chi connectivity index (χ0n) is 11.7. The number of methoxy groups -OCH3 is 1. The largest absolute Gasteiger partial charge is 0.385 e. The molecule has 3 nitrogen and oxygen atoms in total. The molecule has 0 radical (unpaired) electrons. The Labute approximate surface area is 121 Å². The molecule has 1 aromatic carbocycles. The maximum absolute atomic E-state index is 5.18. The second kappa shape index (κ2) is 10.8. The Morgan fingerprint density at radius 3 is 2.42 bits per heavy atom. The van der Waals surface area contributed by atoms with E-state index in [4.69, 9.17) is 17.0 Å². The number of thiocarbonyl (C=S) groups is 1. The van der Waals surface area contributed by atoms with Crippen LogP contribution in [0.1, 0.15) is 24.8 Å². The Balaban J connectivity index is 1.94. The van der Waals surface area contributed by atoms with E-state index in [1.54, 1.807) is 7.11 Å². The van der Waals surface area contributed by atoms with Crippen molar-refractivity contribution < 1.29 is 4.74 Å². The third-order valence-electron chi connectivity index (χ3n) is 2.83.